The molecule has 0 aliphatic rings. The van der Waals surface area contributed by atoms with Crippen LogP contribution in [0.15, 0.2) is 60.9 Å². The Labute approximate surface area is 174 Å². The summed E-state index contributed by atoms with van der Waals surface area (Å²) in [6, 6.07) is 15.5. The molecule has 7 nitrogen and oxygen atoms in total. The topological polar surface area (TPSA) is 81.9 Å². The first kappa shape index (κ1) is 19.6. The van der Waals surface area contributed by atoms with E-state index in [2.05, 4.69) is 20.4 Å². The van der Waals surface area contributed by atoms with Crippen molar-refractivity contribution in [3.63, 3.8) is 0 Å². The Morgan fingerprint density at radius 1 is 1.20 bits per heavy atom. The van der Waals surface area contributed by atoms with Crippen molar-refractivity contribution in [1.29, 1.82) is 0 Å². The van der Waals surface area contributed by atoms with Gasteiger partial charge in [-0.15, -0.1) is 0 Å². The minimum Gasteiger partial charge on any atom is -0.468 e. The van der Waals surface area contributed by atoms with Crippen molar-refractivity contribution in [3.05, 3.63) is 72.1 Å². The van der Waals surface area contributed by atoms with E-state index in [4.69, 9.17) is 4.74 Å². The van der Waals surface area contributed by atoms with Gasteiger partial charge in [0.2, 0.25) is 5.88 Å². The fraction of sp³-hybridized carbons (Fsp3) is 0.217. The summed E-state index contributed by atoms with van der Waals surface area (Å²) >= 11 is 0. The lowest BCUT2D eigenvalue weighted by Crippen LogP contribution is -2.31. The van der Waals surface area contributed by atoms with Crippen molar-refractivity contribution in [2.75, 3.05) is 6.61 Å². The van der Waals surface area contributed by atoms with Crippen LogP contribution in [0.5, 0.6) is 5.88 Å². The number of fused-ring (bicyclic) bond motifs is 1. The summed E-state index contributed by atoms with van der Waals surface area (Å²) in [5.41, 5.74) is 4.56. The highest BCUT2D eigenvalue weighted by Crippen LogP contribution is 2.31. The van der Waals surface area contributed by atoms with Crippen molar-refractivity contribution >= 4 is 16.9 Å². The van der Waals surface area contributed by atoms with Crippen LogP contribution >= 0.6 is 0 Å². The average molecular weight is 401 g/mol. The molecule has 1 unspecified atom stereocenters. The number of hydrogen-bond donors (Lipinski definition) is 1. The van der Waals surface area contributed by atoms with Gasteiger partial charge in [0, 0.05) is 31.1 Å². The highest BCUT2D eigenvalue weighted by atomic mass is 16.5. The molecular weight excluding hydrogens is 378 g/mol. The standard InChI is InChI=1S/C23H23N5O2/c1-15-12-20(30-14-19(29)25-16(2)18-10-7-11-24-13-18)26-23-21(15)22(27-28(23)3)17-8-5-4-6-9-17/h4-13,16H,14H2,1-3H3,(H,25,29). The molecule has 30 heavy (non-hydrogen) atoms. The third-order valence-corrected chi connectivity index (χ3v) is 4.93. The molecule has 0 aliphatic heterocycles. The van der Waals surface area contributed by atoms with Gasteiger partial charge in [0.05, 0.1) is 11.4 Å². The van der Waals surface area contributed by atoms with Crippen LogP contribution in [0.25, 0.3) is 22.3 Å². The lowest BCUT2D eigenvalue weighted by Gasteiger charge is -2.14. The normalized spacial score (nSPS) is 12.0. The zero-order valence-corrected chi connectivity index (χ0v) is 17.2. The van der Waals surface area contributed by atoms with Crippen molar-refractivity contribution in [3.8, 4) is 17.1 Å². The molecule has 0 bridgehead atoms. The molecule has 152 valence electrons. The third-order valence-electron chi connectivity index (χ3n) is 4.93. The molecule has 7 heteroatoms. The summed E-state index contributed by atoms with van der Waals surface area (Å²) < 4.78 is 7.42. The predicted octanol–water partition coefficient (Wildman–Crippen LogP) is 3.59. The fourth-order valence-electron chi connectivity index (χ4n) is 3.41. The van der Waals surface area contributed by atoms with Gasteiger partial charge >= 0.3 is 0 Å². The number of hydrogen-bond acceptors (Lipinski definition) is 5. The van der Waals surface area contributed by atoms with Crippen molar-refractivity contribution in [2.24, 2.45) is 7.05 Å². The van der Waals surface area contributed by atoms with Crippen LogP contribution in [0.1, 0.15) is 24.1 Å². The average Bonchev–Trinajstić information content (AvgIpc) is 3.10. The van der Waals surface area contributed by atoms with Crippen LogP contribution in [-0.4, -0.2) is 32.3 Å². The molecule has 1 aromatic carbocycles. The van der Waals surface area contributed by atoms with E-state index in [1.165, 1.54) is 0 Å². The van der Waals surface area contributed by atoms with Crippen LogP contribution in [0.4, 0.5) is 0 Å². The largest absolute Gasteiger partial charge is 0.468 e. The van der Waals surface area contributed by atoms with E-state index in [0.717, 1.165) is 27.8 Å². The maximum absolute atomic E-state index is 12.3. The fourth-order valence-corrected chi connectivity index (χ4v) is 3.41. The van der Waals surface area contributed by atoms with E-state index in [1.54, 1.807) is 17.1 Å². The van der Waals surface area contributed by atoms with Crippen molar-refractivity contribution in [2.45, 2.75) is 19.9 Å². The van der Waals surface area contributed by atoms with E-state index < -0.39 is 0 Å². The van der Waals surface area contributed by atoms with Crippen molar-refractivity contribution < 1.29 is 9.53 Å². The number of aryl methyl sites for hydroxylation is 2. The number of ether oxygens (including phenoxy) is 1. The second kappa shape index (κ2) is 8.32. The number of pyridine rings is 2. The summed E-state index contributed by atoms with van der Waals surface area (Å²) in [6.07, 6.45) is 3.43. The SMILES string of the molecule is Cc1cc(OCC(=O)NC(C)c2cccnc2)nc2c1c(-c1ccccc1)nn2C. The molecule has 0 fully saturated rings. The van der Waals surface area contributed by atoms with E-state index in [9.17, 15) is 4.79 Å². The highest BCUT2D eigenvalue weighted by molar-refractivity contribution is 5.94. The van der Waals surface area contributed by atoms with E-state index in [-0.39, 0.29) is 18.6 Å². The summed E-state index contributed by atoms with van der Waals surface area (Å²) in [4.78, 5) is 21.0. The summed E-state index contributed by atoms with van der Waals surface area (Å²) in [5.74, 6) is 0.174. The number of nitrogens with one attached hydrogen (secondary N) is 1. The third kappa shape index (κ3) is 4.00. The maximum atomic E-state index is 12.3. The summed E-state index contributed by atoms with van der Waals surface area (Å²) in [5, 5.41) is 8.53. The Bertz CT molecular complexity index is 1170. The van der Waals surface area contributed by atoms with Gasteiger partial charge in [0.1, 0.15) is 5.69 Å². The number of rotatable bonds is 6. The maximum Gasteiger partial charge on any atom is 0.258 e. The Balaban J connectivity index is 1.50. The van der Waals surface area contributed by atoms with Gasteiger partial charge in [0.15, 0.2) is 12.3 Å². The lowest BCUT2D eigenvalue weighted by molar-refractivity contribution is -0.123. The van der Waals surface area contributed by atoms with Gasteiger partial charge in [-0.2, -0.15) is 10.1 Å². The van der Waals surface area contributed by atoms with Crippen LogP contribution in [0.2, 0.25) is 0 Å². The van der Waals surface area contributed by atoms with Crippen LogP contribution < -0.4 is 10.1 Å². The number of carbonyl (C=O) groups excluding carboxylic acids is 1. The van der Waals surface area contributed by atoms with Gasteiger partial charge in [-0.3, -0.25) is 9.78 Å². The van der Waals surface area contributed by atoms with Gasteiger partial charge in [-0.05, 0) is 31.0 Å². The first-order valence-electron chi connectivity index (χ1n) is 9.75. The summed E-state index contributed by atoms with van der Waals surface area (Å²) in [7, 11) is 1.85. The monoisotopic (exact) mass is 401 g/mol. The number of amides is 1. The molecule has 3 aromatic heterocycles. The molecule has 1 atom stereocenters. The molecule has 1 amide bonds. The molecule has 0 radical (unpaired) electrons. The zero-order valence-electron chi connectivity index (χ0n) is 17.2. The van der Waals surface area contributed by atoms with Crippen LogP contribution in [-0.2, 0) is 11.8 Å². The number of aromatic nitrogens is 4. The second-order valence-corrected chi connectivity index (χ2v) is 7.18. The molecule has 0 saturated heterocycles. The predicted molar refractivity (Wildman–Crippen MR) is 115 cm³/mol. The quantitative estimate of drug-likeness (QED) is 0.534. The van der Waals surface area contributed by atoms with Crippen LogP contribution in [0.3, 0.4) is 0 Å². The highest BCUT2D eigenvalue weighted by Gasteiger charge is 2.17. The second-order valence-electron chi connectivity index (χ2n) is 7.18. The Kier molecular flexibility index (Phi) is 5.43. The van der Waals surface area contributed by atoms with Crippen molar-refractivity contribution in [1.82, 2.24) is 25.1 Å². The molecule has 0 spiro atoms. The van der Waals surface area contributed by atoms with E-state index in [0.29, 0.717) is 11.5 Å². The molecule has 0 saturated carbocycles. The lowest BCUT2D eigenvalue weighted by atomic mass is 10.1. The first-order chi connectivity index (χ1) is 14.5. The molecule has 4 aromatic rings. The molecule has 1 N–H and O–H groups in total. The number of benzene rings is 1. The first-order valence-corrected chi connectivity index (χ1v) is 9.75. The smallest absolute Gasteiger partial charge is 0.258 e. The van der Waals surface area contributed by atoms with Gasteiger partial charge in [-0.25, -0.2) is 4.68 Å². The van der Waals surface area contributed by atoms with Gasteiger partial charge in [0.25, 0.3) is 5.91 Å². The summed E-state index contributed by atoms with van der Waals surface area (Å²) in [6.45, 7) is 3.78. The Morgan fingerprint density at radius 2 is 2.00 bits per heavy atom. The minimum atomic E-state index is -0.221. The molecule has 3 heterocycles. The van der Waals surface area contributed by atoms with E-state index in [1.807, 2.05) is 69.4 Å². The van der Waals surface area contributed by atoms with Gasteiger partial charge in [-0.1, -0.05) is 36.4 Å². The van der Waals surface area contributed by atoms with Crippen LogP contribution in [0, 0.1) is 6.92 Å². The number of nitrogens with zero attached hydrogens (tertiary/aromatic N) is 4. The molecule has 4 rings (SSSR count). The van der Waals surface area contributed by atoms with Gasteiger partial charge < -0.3 is 10.1 Å². The Hall–Kier alpha value is -3.74. The minimum absolute atomic E-state index is 0.119. The zero-order chi connectivity index (χ0) is 21.1. The van der Waals surface area contributed by atoms with E-state index >= 15 is 0 Å². The molecular formula is C23H23N5O2. The Morgan fingerprint density at radius 3 is 2.73 bits per heavy atom. The molecule has 0 aliphatic carbocycles. The number of carbonyl (C=O) groups is 1.